The molecule has 0 bridgehead atoms. The van der Waals surface area contributed by atoms with Crippen molar-refractivity contribution in [1.82, 2.24) is 4.90 Å². The first-order valence-corrected chi connectivity index (χ1v) is 5.86. The number of carbonyl (C=O) groups excluding carboxylic acids is 1. The lowest BCUT2D eigenvalue weighted by atomic mass is 10.3. The molecule has 1 amide bonds. The molecule has 1 aromatic carbocycles. The number of amides is 1. The van der Waals surface area contributed by atoms with Gasteiger partial charge in [0.15, 0.2) is 6.61 Å². The Labute approximate surface area is 102 Å². The van der Waals surface area contributed by atoms with Crippen LogP contribution in [0.15, 0.2) is 24.3 Å². The molecule has 0 aliphatic carbocycles. The summed E-state index contributed by atoms with van der Waals surface area (Å²) in [5.41, 5.74) is 6.27. The van der Waals surface area contributed by atoms with E-state index in [4.69, 9.17) is 10.5 Å². The Morgan fingerprint density at radius 2 is 2.12 bits per heavy atom. The Bertz CT molecular complexity index is 366. The molecule has 2 N–H and O–H groups in total. The number of ether oxygens (including phenoxy) is 1. The van der Waals surface area contributed by atoms with Crippen molar-refractivity contribution >= 4 is 11.6 Å². The molecule has 0 spiro atoms. The minimum atomic E-state index is -0.0262. The van der Waals surface area contributed by atoms with Gasteiger partial charge in [0.1, 0.15) is 5.75 Å². The molecular formula is C13H20N2O2. The number of carbonyl (C=O) groups is 1. The van der Waals surface area contributed by atoms with Gasteiger partial charge in [-0.25, -0.2) is 0 Å². The zero-order valence-corrected chi connectivity index (χ0v) is 10.5. The van der Waals surface area contributed by atoms with Gasteiger partial charge >= 0.3 is 0 Å². The zero-order valence-electron chi connectivity index (χ0n) is 10.5. The van der Waals surface area contributed by atoms with E-state index < -0.39 is 0 Å². The Morgan fingerprint density at radius 3 is 2.76 bits per heavy atom. The average molecular weight is 236 g/mol. The number of unbranched alkanes of at least 4 members (excludes halogenated alkanes) is 1. The molecule has 0 fully saturated rings. The number of anilines is 1. The van der Waals surface area contributed by atoms with Crippen LogP contribution in [-0.4, -0.2) is 31.0 Å². The smallest absolute Gasteiger partial charge is 0.260 e. The lowest BCUT2D eigenvalue weighted by molar-refractivity contribution is -0.132. The fraction of sp³-hybridized carbons (Fsp3) is 0.462. The monoisotopic (exact) mass is 236 g/mol. The summed E-state index contributed by atoms with van der Waals surface area (Å²) in [4.78, 5) is 13.4. The number of para-hydroxylation sites is 2. The summed E-state index contributed by atoms with van der Waals surface area (Å²) in [6.45, 7) is 2.90. The van der Waals surface area contributed by atoms with Crippen LogP contribution in [-0.2, 0) is 4.79 Å². The van der Waals surface area contributed by atoms with E-state index in [1.807, 2.05) is 12.1 Å². The fourth-order valence-corrected chi connectivity index (χ4v) is 1.38. The van der Waals surface area contributed by atoms with Crippen LogP contribution in [0.2, 0.25) is 0 Å². The van der Waals surface area contributed by atoms with Gasteiger partial charge in [-0.15, -0.1) is 0 Å². The van der Waals surface area contributed by atoms with Crippen molar-refractivity contribution in [3.63, 3.8) is 0 Å². The molecule has 0 aliphatic rings. The number of nitrogens with zero attached hydrogens (tertiary/aromatic N) is 1. The molecule has 4 heteroatoms. The largest absolute Gasteiger partial charge is 0.482 e. The normalized spacial score (nSPS) is 10.0. The number of benzene rings is 1. The summed E-state index contributed by atoms with van der Waals surface area (Å²) in [5.74, 6) is 0.534. The predicted octanol–water partition coefficient (Wildman–Crippen LogP) is 1.91. The third kappa shape index (κ3) is 4.34. The number of hydrogen-bond donors (Lipinski definition) is 1. The summed E-state index contributed by atoms with van der Waals surface area (Å²) in [5, 5.41) is 0. The summed E-state index contributed by atoms with van der Waals surface area (Å²) < 4.78 is 5.38. The van der Waals surface area contributed by atoms with Crippen LogP contribution in [0.3, 0.4) is 0 Å². The van der Waals surface area contributed by atoms with Gasteiger partial charge in [-0.2, -0.15) is 0 Å². The maximum Gasteiger partial charge on any atom is 0.260 e. The summed E-state index contributed by atoms with van der Waals surface area (Å²) in [7, 11) is 1.79. The molecule has 1 aromatic rings. The van der Waals surface area contributed by atoms with E-state index in [2.05, 4.69) is 6.92 Å². The van der Waals surface area contributed by atoms with Crippen molar-refractivity contribution in [2.45, 2.75) is 19.8 Å². The van der Waals surface area contributed by atoms with E-state index in [1.54, 1.807) is 24.1 Å². The van der Waals surface area contributed by atoms with Gasteiger partial charge in [0, 0.05) is 13.6 Å². The highest BCUT2D eigenvalue weighted by molar-refractivity contribution is 5.77. The highest BCUT2D eigenvalue weighted by atomic mass is 16.5. The Hall–Kier alpha value is -1.71. The van der Waals surface area contributed by atoms with Crippen molar-refractivity contribution in [2.24, 2.45) is 0 Å². The van der Waals surface area contributed by atoms with Crippen molar-refractivity contribution < 1.29 is 9.53 Å². The van der Waals surface area contributed by atoms with E-state index in [0.29, 0.717) is 11.4 Å². The van der Waals surface area contributed by atoms with E-state index in [0.717, 1.165) is 19.4 Å². The van der Waals surface area contributed by atoms with E-state index in [9.17, 15) is 4.79 Å². The van der Waals surface area contributed by atoms with Crippen molar-refractivity contribution in [3.8, 4) is 5.75 Å². The van der Waals surface area contributed by atoms with E-state index in [-0.39, 0.29) is 12.5 Å². The van der Waals surface area contributed by atoms with Gasteiger partial charge in [0.25, 0.3) is 5.91 Å². The number of rotatable bonds is 6. The molecule has 0 aromatic heterocycles. The first-order valence-electron chi connectivity index (χ1n) is 5.86. The second-order valence-electron chi connectivity index (χ2n) is 4.00. The van der Waals surface area contributed by atoms with Crippen LogP contribution < -0.4 is 10.5 Å². The molecule has 0 unspecified atom stereocenters. The van der Waals surface area contributed by atoms with Crippen LogP contribution in [0.4, 0.5) is 5.69 Å². The molecule has 17 heavy (non-hydrogen) atoms. The third-order valence-corrected chi connectivity index (χ3v) is 2.54. The van der Waals surface area contributed by atoms with Crippen LogP contribution in [0.5, 0.6) is 5.75 Å². The summed E-state index contributed by atoms with van der Waals surface area (Å²) >= 11 is 0. The van der Waals surface area contributed by atoms with Gasteiger partial charge in [-0.05, 0) is 18.6 Å². The zero-order chi connectivity index (χ0) is 12.7. The van der Waals surface area contributed by atoms with Crippen LogP contribution in [0.1, 0.15) is 19.8 Å². The molecule has 94 valence electrons. The number of likely N-dealkylation sites (N-methyl/N-ethyl adjacent to an activating group) is 1. The number of nitrogen functional groups attached to an aromatic ring is 1. The van der Waals surface area contributed by atoms with Gasteiger partial charge in [-0.3, -0.25) is 4.79 Å². The fourth-order valence-electron chi connectivity index (χ4n) is 1.38. The lowest BCUT2D eigenvalue weighted by Crippen LogP contribution is -2.32. The molecule has 0 saturated carbocycles. The van der Waals surface area contributed by atoms with E-state index >= 15 is 0 Å². The Kier molecular flexibility index (Phi) is 5.33. The second kappa shape index (κ2) is 6.78. The Balaban J connectivity index is 2.40. The summed E-state index contributed by atoms with van der Waals surface area (Å²) in [6.07, 6.45) is 2.08. The predicted molar refractivity (Wildman–Crippen MR) is 68.9 cm³/mol. The molecule has 0 radical (unpaired) electrons. The number of hydrogen-bond acceptors (Lipinski definition) is 3. The Morgan fingerprint density at radius 1 is 1.41 bits per heavy atom. The highest BCUT2D eigenvalue weighted by Gasteiger charge is 2.09. The van der Waals surface area contributed by atoms with Crippen LogP contribution >= 0.6 is 0 Å². The molecule has 0 aliphatic heterocycles. The molecular weight excluding hydrogens is 216 g/mol. The van der Waals surface area contributed by atoms with Crippen LogP contribution in [0, 0.1) is 0 Å². The first-order chi connectivity index (χ1) is 8.15. The first kappa shape index (κ1) is 13.4. The molecule has 4 nitrogen and oxygen atoms in total. The SMILES string of the molecule is CCCCN(C)C(=O)COc1ccccc1N. The van der Waals surface area contributed by atoms with Crippen LogP contribution in [0.25, 0.3) is 0 Å². The van der Waals surface area contributed by atoms with Crippen molar-refractivity contribution in [1.29, 1.82) is 0 Å². The lowest BCUT2D eigenvalue weighted by Gasteiger charge is -2.17. The third-order valence-electron chi connectivity index (χ3n) is 2.54. The minimum absolute atomic E-state index is 0.0262. The maximum absolute atomic E-state index is 11.7. The standard InChI is InChI=1S/C13H20N2O2/c1-3-4-9-15(2)13(16)10-17-12-8-6-5-7-11(12)14/h5-8H,3-4,9-10,14H2,1-2H3. The van der Waals surface area contributed by atoms with Gasteiger partial charge in [0.2, 0.25) is 0 Å². The van der Waals surface area contributed by atoms with Gasteiger partial charge in [0.05, 0.1) is 5.69 Å². The molecule has 0 saturated heterocycles. The highest BCUT2D eigenvalue weighted by Crippen LogP contribution is 2.19. The minimum Gasteiger partial charge on any atom is -0.482 e. The molecule has 1 rings (SSSR count). The number of nitrogens with two attached hydrogens (primary N) is 1. The van der Waals surface area contributed by atoms with Gasteiger partial charge < -0.3 is 15.4 Å². The molecule has 0 heterocycles. The quantitative estimate of drug-likeness (QED) is 0.767. The molecule has 0 atom stereocenters. The van der Waals surface area contributed by atoms with Crippen molar-refractivity contribution in [2.75, 3.05) is 25.9 Å². The van der Waals surface area contributed by atoms with Gasteiger partial charge in [-0.1, -0.05) is 25.5 Å². The van der Waals surface area contributed by atoms with E-state index in [1.165, 1.54) is 0 Å². The average Bonchev–Trinajstić information content (AvgIpc) is 2.34. The summed E-state index contributed by atoms with van der Waals surface area (Å²) in [6, 6.07) is 7.17. The second-order valence-corrected chi connectivity index (χ2v) is 4.00. The topological polar surface area (TPSA) is 55.6 Å². The maximum atomic E-state index is 11.7. The van der Waals surface area contributed by atoms with Crippen molar-refractivity contribution in [3.05, 3.63) is 24.3 Å².